The molecule has 18 heavy (non-hydrogen) atoms. The number of rotatable bonds is 1. The van der Waals surface area contributed by atoms with Gasteiger partial charge in [-0.05, 0) is 6.07 Å². The highest BCUT2D eigenvalue weighted by Gasteiger charge is 2.14. The van der Waals surface area contributed by atoms with Crippen LogP contribution in [0.5, 0.6) is 11.5 Å². The minimum absolute atomic E-state index is 0.198. The summed E-state index contributed by atoms with van der Waals surface area (Å²) >= 11 is 0. The Hall–Kier alpha value is -2.42. The van der Waals surface area contributed by atoms with E-state index in [2.05, 4.69) is 5.32 Å². The first kappa shape index (κ1) is 10.7. The standard InChI is InChI=1S/C15H13NO2/c1-16-12-8-4-7-11-13(12)15(18)10-6-3-2-5-9(10)14(11)17/h2-8,16-18H,1H3. The van der Waals surface area contributed by atoms with Crippen molar-refractivity contribution >= 4 is 27.2 Å². The molecule has 3 nitrogen and oxygen atoms in total. The largest absolute Gasteiger partial charge is 0.507 e. The summed E-state index contributed by atoms with van der Waals surface area (Å²) in [4.78, 5) is 0. The van der Waals surface area contributed by atoms with Crippen LogP contribution in [0.15, 0.2) is 42.5 Å². The first-order chi connectivity index (χ1) is 8.74. The van der Waals surface area contributed by atoms with Crippen LogP contribution >= 0.6 is 0 Å². The third kappa shape index (κ3) is 1.31. The molecule has 0 saturated carbocycles. The van der Waals surface area contributed by atoms with Crippen LogP contribution < -0.4 is 5.32 Å². The van der Waals surface area contributed by atoms with E-state index in [1.807, 2.05) is 24.3 Å². The van der Waals surface area contributed by atoms with Gasteiger partial charge in [0.1, 0.15) is 11.5 Å². The maximum Gasteiger partial charge on any atom is 0.133 e. The third-order valence-electron chi connectivity index (χ3n) is 3.26. The Bertz CT molecular complexity index is 750. The molecule has 0 aromatic heterocycles. The van der Waals surface area contributed by atoms with Crippen LogP contribution in [0.1, 0.15) is 0 Å². The minimum Gasteiger partial charge on any atom is -0.507 e. The molecule has 3 aromatic carbocycles. The number of hydrogen-bond donors (Lipinski definition) is 3. The summed E-state index contributed by atoms with van der Waals surface area (Å²) in [5, 5.41) is 26.4. The number of phenolic OH excluding ortho intramolecular Hbond substituents is 2. The van der Waals surface area contributed by atoms with Gasteiger partial charge in [-0.1, -0.05) is 36.4 Å². The number of fused-ring (bicyclic) bond motifs is 2. The van der Waals surface area contributed by atoms with Gasteiger partial charge in [-0.25, -0.2) is 0 Å². The average Bonchev–Trinajstić information content (AvgIpc) is 2.44. The quantitative estimate of drug-likeness (QED) is 0.450. The highest BCUT2D eigenvalue weighted by atomic mass is 16.3. The zero-order valence-corrected chi connectivity index (χ0v) is 9.94. The van der Waals surface area contributed by atoms with Gasteiger partial charge in [0.05, 0.1) is 5.39 Å². The van der Waals surface area contributed by atoms with Gasteiger partial charge in [0.25, 0.3) is 0 Å². The van der Waals surface area contributed by atoms with Crippen LogP contribution in [-0.2, 0) is 0 Å². The molecule has 0 aliphatic rings. The van der Waals surface area contributed by atoms with Gasteiger partial charge in [-0.3, -0.25) is 0 Å². The summed E-state index contributed by atoms with van der Waals surface area (Å²) in [5.74, 6) is 0.402. The molecule has 0 saturated heterocycles. The molecule has 0 aliphatic carbocycles. The SMILES string of the molecule is CNc1cccc2c(O)c3ccccc3c(O)c12. The lowest BCUT2D eigenvalue weighted by Gasteiger charge is -2.12. The van der Waals surface area contributed by atoms with Gasteiger partial charge in [0.2, 0.25) is 0 Å². The zero-order chi connectivity index (χ0) is 12.7. The van der Waals surface area contributed by atoms with Crippen LogP contribution in [-0.4, -0.2) is 17.3 Å². The third-order valence-corrected chi connectivity index (χ3v) is 3.26. The molecule has 0 heterocycles. The van der Waals surface area contributed by atoms with E-state index >= 15 is 0 Å². The molecule has 3 rings (SSSR count). The minimum atomic E-state index is 0.198. The van der Waals surface area contributed by atoms with E-state index in [-0.39, 0.29) is 11.5 Å². The monoisotopic (exact) mass is 239 g/mol. The molecule has 0 radical (unpaired) electrons. The first-order valence-electron chi connectivity index (χ1n) is 5.77. The Balaban J connectivity index is 2.63. The van der Waals surface area contributed by atoms with Gasteiger partial charge in [0.15, 0.2) is 0 Å². The molecule has 3 N–H and O–H groups in total. The van der Waals surface area contributed by atoms with Gasteiger partial charge in [-0.2, -0.15) is 0 Å². The van der Waals surface area contributed by atoms with Crippen molar-refractivity contribution in [2.24, 2.45) is 0 Å². The second kappa shape index (κ2) is 3.81. The van der Waals surface area contributed by atoms with E-state index in [4.69, 9.17) is 0 Å². The Labute approximate surface area is 104 Å². The van der Waals surface area contributed by atoms with Gasteiger partial charge in [-0.15, -0.1) is 0 Å². The Morgan fingerprint density at radius 1 is 0.778 bits per heavy atom. The number of benzene rings is 3. The molecular formula is C15H13NO2. The van der Waals surface area contributed by atoms with Crippen molar-refractivity contribution in [2.75, 3.05) is 12.4 Å². The molecular weight excluding hydrogens is 226 g/mol. The summed E-state index contributed by atoms with van der Waals surface area (Å²) in [6, 6.07) is 12.8. The highest BCUT2D eigenvalue weighted by Crippen LogP contribution is 2.43. The number of hydrogen-bond acceptors (Lipinski definition) is 3. The summed E-state index contributed by atoms with van der Waals surface area (Å²) in [5.41, 5.74) is 0.797. The molecule has 0 aliphatic heterocycles. The lowest BCUT2D eigenvalue weighted by Crippen LogP contribution is -1.90. The highest BCUT2D eigenvalue weighted by molar-refractivity contribution is 6.14. The zero-order valence-electron chi connectivity index (χ0n) is 9.94. The smallest absolute Gasteiger partial charge is 0.133 e. The van der Waals surface area contributed by atoms with Crippen LogP contribution in [0.2, 0.25) is 0 Å². The molecule has 0 bridgehead atoms. The van der Waals surface area contributed by atoms with E-state index in [1.165, 1.54) is 0 Å². The molecule has 0 amide bonds. The topological polar surface area (TPSA) is 52.5 Å². The fraction of sp³-hybridized carbons (Fsp3) is 0.0667. The fourth-order valence-electron chi connectivity index (χ4n) is 2.39. The molecule has 0 atom stereocenters. The Kier molecular flexibility index (Phi) is 2.27. The second-order valence-corrected chi connectivity index (χ2v) is 4.22. The van der Waals surface area contributed by atoms with Gasteiger partial charge < -0.3 is 15.5 Å². The van der Waals surface area contributed by atoms with Crippen molar-refractivity contribution in [1.82, 2.24) is 0 Å². The predicted octanol–water partition coefficient (Wildman–Crippen LogP) is 3.45. The summed E-state index contributed by atoms with van der Waals surface area (Å²) in [6.07, 6.45) is 0. The predicted molar refractivity (Wildman–Crippen MR) is 74.3 cm³/mol. The second-order valence-electron chi connectivity index (χ2n) is 4.22. The van der Waals surface area contributed by atoms with E-state index in [0.717, 1.165) is 5.69 Å². The fourth-order valence-corrected chi connectivity index (χ4v) is 2.39. The molecule has 3 heteroatoms. The van der Waals surface area contributed by atoms with Crippen molar-refractivity contribution in [3.8, 4) is 11.5 Å². The first-order valence-corrected chi connectivity index (χ1v) is 5.77. The normalized spacial score (nSPS) is 10.9. The van der Waals surface area contributed by atoms with Crippen LogP contribution in [0.25, 0.3) is 21.5 Å². The van der Waals surface area contributed by atoms with E-state index in [9.17, 15) is 10.2 Å². The number of nitrogens with one attached hydrogen (secondary N) is 1. The van der Waals surface area contributed by atoms with E-state index in [1.54, 1.807) is 25.2 Å². The maximum absolute atomic E-state index is 10.4. The number of phenols is 2. The van der Waals surface area contributed by atoms with Crippen LogP contribution in [0.4, 0.5) is 5.69 Å². The molecule has 90 valence electrons. The van der Waals surface area contributed by atoms with Crippen molar-refractivity contribution in [2.45, 2.75) is 0 Å². The number of anilines is 1. The lowest BCUT2D eigenvalue weighted by atomic mass is 9.99. The van der Waals surface area contributed by atoms with Crippen molar-refractivity contribution < 1.29 is 10.2 Å². The Morgan fingerprint density at radius 3 is 2.06 bits per heavy atom. The van der Waals surface area contributed by atoms with Crippen molar-refractivity contribution in [3.05, 3.63) is 42.5 Å². The van der Waals surface area contributed by atoms with Crippen molar-refractivity contribution in [3.63, 3.8) is 0 Å². The molecule has 3 aromatic rings. The molecule has 0 spiro atoms. The molecule has 0 unspecified atom stereocenters. The summed E-state index contributed by atoms with van der Waals surface area (Å²) in [7, 11) is 1.79. The van der Waals surface area contributed by atoms with Gasteiger partial charge in [0, 0.05) is 28.9 Å². The van der Waals surface area contributed by atoms with E-state index in [0.29, 0.717) is 21.5 Å². The average molecular weight is 239 g/mol. The van der Waals surface area contributed by atoms with Gasteiger partial charge >= 0.3 is 0 Å². The van der Waals surface area contributed by atoms with Crippen molar-refractivity contribution in [1.29, 1.82) is 0 Å². The maximum atomic E-state index is 10.4. The number of aromatic hydroxyl groups is 2. The summed E-state index contributed by atoms with van der Waals surface area (Å²) < 4.78 is 0. The Morgan fingerprint density at radius 2 is 1.39 bits per heavy atom. The molecule has 0 fully saturated rings. The lowest BCUT2D eigenvalue weighted by molar-refractivity contribution is 0.478. The van der Waals surface area contributed by atoms with Crippen LogP contribution in [0, 0.1) is 0 Å². The van der Waals surface area contributed by atoms with E-state index < -0.39 is 0 Å². The summed E-state index contributed by atoms with van der Waals surface area (Å²) in [6.45, 7) is 0. The van der Waals surface area contributed by atoms with Crippen LogP contribution in [0.3, 0.4) is 0 Å².